The summed E-state index contributed by atoms with van der Waals surface area (Å²) in [5.74, 6) is -0.369. The van der Waals surface area contributed by atoms with Gasteiger partial charge in [0.05, 0.1) is 17.7 Å². The second-order valence-electron chi connectivity index (χ2n) is 8.57. The highest BCUT2D eigenvalue weighted by Gasteiger charge is 2.33. The molecule has 0 saturated carbocycles. The number of amides is 2. The largest absolute Gasteiger partial charge is 0.497 e. The van der Waals surface area contributed by atoms with Crippen LogP contribution in [-0.2, 0) is 26.2 Å². The number of aryl methyl sites for hydroxylation is 1. The molecule has 0 radical (unpaired) electrons. The van der Waals surface area contributed by atoms with Crippen LogP contribution in [0.2, 0.25) is 0 Å². The molecule has 0 aromatic heterocycles. The van der Waals surface area contributed by atoms with E-state index in [2.05, 4.69) is 5.32 Å². The van der Waals surface area contributed by atoms with E-state index in [4.69, 9.17) is 4.74 Å². The van der Waals surface area contributed by atoms with Gasteiger partial charge in [0.25, 0.3) is 10.0 Å². The molecule has 0 aliphatic heterocycles. The topological polar surface area (TPSA) is 96.0 Å². The van der Waals surface area contributed by atoms with Gasteiger partial charge in [-0.2, -0.15) is 0 Å². The fraction of sp³-hybridized carbons (Fsp3) is 0.286. The molecule has 3 rings (SSSR count). The maximum atomic E-state index is 13.9. The summed E-state index contributed by atoms with van der Waals surface area (Å²) in [5, 5.41) is 2.62. The van der Waals surface area contributed by atoms with Crippen LogP contribution >= 0.6 is 0 Å². The lowest BCUT2D eigenvalue weighted by atomic mass is 10.1. The second-order valence-corrected chi connectivity index (χ2v) is 10.4. The molecule has 196 valence electrons. The van der Waals surface area contributed by atoms with Crippen molar-refractivity contribution in [2.45, 2.75) is 37.8 Å². The van der Waals surface area contributed by atoms with Crippen molar-refractivity contribution >= 4 is 27.5 Å². The average molecular weight is 524 g/mol. The van der Waals surface area contributed by atoms with Gasteiger partial charge >= 0.3 is 0 Å². The third kappa shape index (κ3) is 6.68. The number of carbonyl (C=O) groups is 2. The maximum absolute atomic E-state index is 13.9. The van der Waals surface area contributed by atoms with Crippen LogP contribution in [-0.4, -0.2) is 51.9 Å². The first kappa shape index (κ1) is 27.7. The number of nitrogens with one attached hydrogen (secondary N) is 1. The van der Waals surface area contributed by atoms with Gasteiger partial charge in [-0.3, -0.25) is 13.9 Å². The summed E-state index contributed by atoms with van der Waals surface area (Å²) in [6.07, 6.45) is 0.363. The van der Waals surface area contributed by atoms with Gasteiger partial charge in [-0.25, -0.2) is 8.42 Å². The zero-order chi connectivity index (χ0) is 27.0. The van der Waals surface area contributed by atoms with E-state index in [1.54, 1.807) is 42.5 Å². The first-order valence-electron chi connectivity index (χ1n) is 12.0. The van der Waals surface area contributed by atoms with Crippen LogP contribution in [0.4, 0.5) is 5.69 Å². The van der Waals surface area contributed by atoms with Crippen LogP contribution in [0.1, 0.15) is 24.5 Å². The van der Waals surface area contributed by atoms with Crippen LogP contribution < -0.4 is 14.4 Å². The third-order valence-electron chi connectivity index (χ3n) is 6.06. The molecule has 0 fully saturated rings. The van der Waals surface area contributed by atoms with Crippen molar-refractivity contribution in [3.8, 4) is 5.75 Å². The lowest BCUT2D eigenvalue weighted by Crippen LogP contribution is -2.51. The Kier molecular flexibility index (Phi) is 9.30. The Labute approximate surface area is 218 Å². The Hall–Kier alpha value is -3.85. The minimum atomic E-state index is -4.11. The molecule has 0 unspecified atom stereocenters. The summed E-state index contributed by atoms with van der Waals surface area (Å²) in [6.45, 7) is 3.44. The van der Waals surface area contributed by atoms with Gasteiger partial charge in [0, 0.05) is 19.7 Å². The van der Waals surface area contributed by atoms with Crippen LogP contribution in [0.25, 0.3) is 0 Å². The van der Waals surface area contributed by atoms with E-state index in [9.17, 15) is 18.0 Å². The summed E-state index contributed by atoms with van der Waals surface area (Å²) >= 11 is 0. The van der Waals surface area contributed by atoms with E-state index in [-0.39, 0.29) is 23.0 Å². The number of sulfonamides is 1. The van der Waals surface area contributed by atoms with E-state index < -0.39 is 28.5 Å². The van der Waals surface area contributed by atoms with Gasteiger partial charge in [0.2, 0.25) is 11.8 Å². The molecule has 0 aliphatic carbocycles. The Morgan fingerprint density at radius 2 is 1.65 bits per heavy atom. The van der Waals surface area contributed by atoms with Gasteiger partial charge in [0.15, 0.2) is 0 Å². The first-order valence-corrected chi connectivity index (χ1v) is 13.4. The smallest absolute Gasteiger partial charge is 0.264 e. The molecular weight excluding hydrogens is 490 g/mol. The maximum Gasteiger partial charge on any atom is 0.264 e. The molecule has 37 heavy (non-hydrogen) atoms. The molecule has 2 amide bonds. The summed E-state index contributed by atoms with van der Waals surface area (Å²) in [4.78, 5) is 28.1. The van der Waals surface area contributed by atoms with E-state index in [1.807, 2.05) is 38.1 Å². The monoisotopic (exact) mass is 523 g/mol. The van der Waals surface area contributed by atoms with Crippen LogP contribution in [0.3, 0.4) is 0 Å². The summed E-state index contributed by atoms with van der Waals surface area (Å²) in [5.41, 5.74) is 2.18. The Morgan fingerprint density at radius 1 is 0.973 bits per heavy atom. The van der Waals surface area contributed by atoms with Crippen molar-refractivity contribution in [1.29, 1.82) is 0 Å². The average Bonchev–Trinajstić information content (AvgIpc) is 2.92. The van der Waals surface area contributed by atoms with Crippen molar-refractivity contribution in [3.63, 3.8) is 0 Å². The number of anilines is 1. The molecule has 0 saturated heterocycles. The number of carbonyl (C=O) groups excluding carboxylic acids is 2. The Bertz CT molecular complexity index is 1310. The normalized spacial score (nSPS) is 11.9. The second kappa shape index (κ2) is 12.4. The molecule has 8 nitrogen and oxygen atoms in total. The zero-order valence-electron chi connectivity index (χ0n) is 21.5. The molecule has 0 heterocycles. The standard InChI is InChI=1S/C28H33N3O5S/c1-5-26(28(33)29-3)30(19-22-16-14-21(2)15-17-22)27(32)20-31(23-10-9-11-24(18-23)36-4)37(34,35)25-12-7-6-8-13-25/h6-18,26H,5,19-20H2,1-4H3,(H,29,33)/t26-/m0/s1. The van der Waals surface area contributed by atoms with Crippen molar-refractivity contribution in [2.24, 2.45) is 0 Å². The Morgan fingerprint density at radius 3 is 2.24 bits per heavy atom. The fourth-order valence-electron chi connectivity index (χ4n) is 3.99. The summed E-state index contributed by atoms with van der Waals surface area (Å²) < 4.78 is 33.9. The molecule has 0 aliphatic rings. The van der Waals surface area contributed by atoms with E-state index in [0.717, 1.165) is 15.4 Å². The number of nitrogens with zero attached hydrogens (tertiary/aromatic N) is 2. The minimum absolute atomic E-state index is 0.0500. The van der Waals surface area contributed by atoms with Crippen LogP contribution in [0.15, 0.2) is 83.8 Å². The number of likely N-dealkylation sites (N-methyl/N-ethyl adjacent to an activating group) is 1. The number of hydrogen-bond acceptors (Lipinski definition) is 5. The van der Waals surface area contributed by atoms with Gasteiger partial charge in [-0.15, -0.1) is 0 Å². The quantitative estimate of drug-likeness (QED) is 0.413. The highest BCUT2D eigenvalue weighted by Crippen LogP contribution is 2.27. The molecule has 3 aromatic rings. The third-order valence-corrected chi connectivity index (χ3v) is 7.85. The SMILES string of the molecule is CC[C@@H](C(=O)NC)N(Cc1ccc(C)cc1)C(=O)CN(c1cccc(OC)c1)S(=O)(=O)c1ccccc1. The highest BCUT2D eigenvalue weighted by atomic mass is 32.2. The lowest BCUT2D eigenvalue weighted by molar-refractivity contribution is -0.140. The van der Waals surface area contributed by atoms with Crippen molar-refractivity contribution in [1.82, 2.24) is 10.2 Å². The Balaban J connectivity index is 2.06. The lowest BCUT2D eigenvalue weighted by Gasteiger charge is -2.33. The van der Waals surface area contributed by atoms with Gasteiger partial charge in [-0.1, -0.05) is 61.0 Å². The van der Waals surface area contributed by atoms with Crippen molar-refractivity contribution < 1.29 is 22.7 Å². The minimum Gasteiger partial charge on any atom is -0.497 e. The van der Waals surface area contributed by atoms with Gasteiger partial charge in [-0.05, 0) is 43.2 Å². The molecule has 0 bridgehead atoms. The number of methoxy groups -OCH3 is 1. The van der Waals surface area contributed by atoms with Gasteiger partial charge in [0.1, 0.15) is 18.3 Å². The molecule has 9 heteroatoms. The predicted molar refractivity (Wildman–Crippen MR) is 144 cm³/mol. The zero-order valence-corrected chi connectivity index (χ0v) is 22.4. The number of hydrogen-bond donors (Lipinski definition) is 1. The predicted octanol–water partition coefficient (Wildman–Crippen LogP) is 3.75. The number of benzene rings is 3. The van der Waals surface area contributed by atoms with E-state index in [0.29, 0.717) is 12.2 Å². The van der Waals surface area contributed by atoms with Gasteiger partial charge < -0.3 is 15.0 Å². The van der Waals surface area contributed by atoms with E-state index >= 15 is 0 Å². The van der Waals surface area contributed by atoms with Crippen molar-refractivity contribution in [2.75, 3.05) is 25.0 Å². The number of rotatable bonds is 11. The first-order chi connectivity index (χ1) is 17.7. The molecule has 1 atom stereocenters. The highest BCUT2D eigenvalue weighted by molar-refractivity contribution is 7.92. The molecule has 0 spiro atoms. The molecular formula is C28H33N3O5S. The summed E-state index contributed by atoms with van der Waals surface area (Å²) in [6, 6.07) is 21.3. The van der Waals surface area contributed by atoms with Crippen LogP contribution in [0, 0.1) is 6.92 Å². The van der Waals surface area contributed by atoms with Crippen molar-refractivity contribution in [3.05, 3.63) is 90.0 Å². The number of ether oxygens (including phenoxy) is 1. The fourth-order valence-corrected chi connectivity index (χ4v) is 5.42. The molecule has 3 aromatic carbocycles. The van der Waals surface area contributed by atoms with Crippen LogP contribution in [0.5, 0.6) is 5.75 Å². The van der Waals surface area contributed by atoms with E-state index in [1.165, 1.54) is 31.2 Å². The molecule has 1 N–H and O–H groups in total. The summed E-state index contributed by atoms with van der Waals surface area (Å²) in [7, 11) is -1.11.